The van der Waals surface area contributed by atoms with Crippen LogP contribution in [0.5, 0.6) is 0 Å². The summed E-state index contributed by atoms with van der Waals surface area (Å²) in [6, 6.07) is 8.66. The second-order valence-corrected chi connectivity index (χ2v) is 5.24. The summed E-state index contributed by atoms with van der Waals surface area (Å²) in [4.78, 5) is 0. The predicted molar refractivity (Wildman–Crippen MR) is 80.6 cm³/mol. The van der Waals surface area contributed by atoms with Crippen molar-refractivity contribution < 1.29 is 0 Å². The van der Waals surface area contributed by atoms with Crippen molar-refractivity contribution in [3.05, 3.63) is 41.0 Å². The molecule has 1 N–H and O–H groups in total. The molecule has 0 amide bonds. The van der Waals surface area contributed by atoms with Crippen LogP contribution in [0.25, 0.3) is 11.3 Å². The van der Waals surface area contributed by atoms with Crippen LogP contribution < -0.4 is 5.32 Å². The Hall–Kier alpha value is -1.90. The maximum absolute atomic E-state index is 4.33. The number of hydrogen-bond acceptors (Lipinski definition) is 3. The summed E-state index contributed by atoms with van der Waals surface area (Å²) < 4.78 is 0. The summed E-state index contributed by atoms with van der Waals surface area (Å²) >= 11 is 0. The molecule has 100 valence electrons. The molecule has 0 aliphatic rings. The van der Waals surface area contributed by atoms with Crippen LogP contribution >= 0.6 is 0 Å². The fourth-order valence-electron chi connectivity index (χ4n) is 2.14. The third-order valence-corrected chi connectivity index (χ3v) is 3.43. The normalized spacial score (nSPS) is 10.8. The van der Waals surface area contributed by atoms with Crippen molar-refractivity contribution in [2.45, 2.75) is 33.6 Å². The van der Waals surface area contributed by atoms with Gasteiger partial charge < -0.3 is 5.32 Å². The molecule has 0 aliphatic heterocycles. The highest BCUT2D eigenvalue weighted by Gasteiger charge is 2.09. The standard InChI is InChI=1S/C16H21N3/c1-10(2)13-7-6-11(3)14(9-13)15-8-12(4)16(17-5)19-18-15/h6-10H,1-5H3,(H,17,19). The number of nitrogens with one attached hydrogen (secondary N) is 1. The topological polar surface area (TPSA) is 37.8 Å². The Kier molecular flexibility index (Phi) is 3.84. The second-order valence-electron chi connectivity index (χ2n) is 5.24. The summed E-state index contributed by atoms with van der Waals surface area (Å²) in [5.74, 6) is 1.35. The maximum atomic E-state index is 4.33. The first-order chi connectivity index (χ1) is 9.02. The van der Waals surface area contributed by atoms with E-state index in [4.69, 9.17) is 0 Å². The van der Waals surface area contributed by atoms with Crippen molar-refractivity contribution in [2.75, 3.05) is 12.4 Å². The van der Waals surface area contributed by atoms with E-state index >= 15 is 0 Å². The minimum Gasteiger partial charge on any atom is -0.371 e. The third kappa shape index (κ3) is 2.75. The Bertz CT molecular complexity index is 589. The number of aromatic nitrogens is 2. The number of benzene rings is 1. The van der Waals surface area contributed by atoms with Crippen LogP contribution in [0, 0.1) is 13.8 Å². The van der Waals surface area contributed by atoms with E-state index in [1.54, 1.807) is 0 Å². The van der Waals surface area contributed by atoms with Gasteiger partial charge in [-0.1, -0.05) is 26.0 Å². The zero-order valence-electron chi connectivity index (χ0n) is 12.3. The highest BCUT2D eigenvalue weighted by molar-refractivity contribution is 5.66. The summed E-state index contributed by atoms with van der Waals surface area (Å²) in [7, 11) is 1.86. The Morgan fingerprint density at radius 3 is 2.32 bits per heavy atom. The maximum Gasteiger partial charge on any atom is 0.151 e. The van der Waals surface area contributed by atoms with Gasteiger partial charge in [-0.05, 0) is 48.6 Å². The van der Waals surface area contributed by atoms with Crippen LogP contribution in [0.3, 0.4) is 0 Å². The van der Waals surface area contributed by atoms with E-state index in [0.29, 0.717) is 5.92 Å². The lowest BCUT2D eigenvalue weighted by atomic mass is 9.96. The lowest BCUT2D eigenvalue weighted by Crippen LogP contribution is -2.00. The first kappa shape index (κ1) is 13.5. The number of aryl methyl sites for hydroxylation is 2. The summed E-state index contributed by atoms with van der Waals surface area (Å²) in [6.45, 7) is 8.57. The van der Waals surface area contributed by atoms with E-state index in [1.807, 2.05) is 14.0 Å². The Morgan fingerprint density at radius 2 is 1.74 bits per heavy atom. The summed E-state index contributed by atoms with van der Waals surface area (Å²) in [6.07, 6.45) is 0. The zero-order valence-corrected chi connectivity index (χ0v) is 12.3. The van der Waals surface area contributed by atoms with Gasteiger partial charge in [0.2, 0.25) is 0 Å². The number of anilines is 1. The highest BCUT2D eigenvalue weighted by atomic mass is 15.2. The van der Waals surface area contributed by atoms with E-state index in [1.165, 1.54) is 16.7 Å². The molecular weight excluding hydrogens is 234 g/mol. The Balaban J connectivity index is 2.51. The largest absolute Gasteiger partial charge is 0.371 e. The Labute approximate surface area is 115 Å². The highest BCUT2D eigenvalue weighted by Crippen LogP contribution is 2.27. The van der Waals surface area contributed by atoms with E-state index < -0.39 is 0 Å². The van der Waals surface area contributed by atoms with E-state index in [-0.39, 0.29) is 0 Å². The lowest BCUT2D eigenvalue weighted by molar-refractivity contribution is 0.866. The molecule has 0 atom stereocenters. The fraction of sp³-hybridized carbons (Fsp3) is 0.375. The molecule has 0 unspecified atom stereocenters. The van der Waals surface area contributed by atoms with E-state index in [2.05, 4.69) is 60.6 Å². The van der Waals surface area contributed by atoms with Crippen LogP contribution in [-0.4, -0.2) is 17.2 Å². The minimum absolute atomic E-state index is 0.519. The predicted octanol–water partition coefficient (Wildman–Crippen LogP) is 3.93. The average molecular weight is 255 g/mol. The quantitative estimate of drug-likeness (QED) is 0.903. The van der Waals surface area contributed by atoms with Crippen LogP contribution in [0.15, 0.2) is 24.3 Å². The molecule has 19 heavy (non-hydrogen) atoms. The molecule has 3 nitrogen and oxygen atoms in total. The molecule has 0 aliphatic carbocycles. The van der Waals surface area contributed by atoms with Gasteiger partial charge in [0.15, 0.2) is 5.82 Å². The van der Waals surface area contributed by atoms with Gasteiger partial charge in [-0.2, -0.15) is 0 Å². The first-order valence-corrected chi connectivity index (χ1v) is 6.66. The molecule has 0 saturated heterocycles. The van der Waals surface area contributed by atoms with Gasteiger partial charge in [-0.3, -0.25) is 0 Å². The molecule has 0 spiro atoms. The van der Waals surface area contributed by atoms with E-state index in [0.717, 1.165) is 17.1 Å². The van der Waals surface area contributed by atoms with Gasteiger partial charge in [0.1, 0.15) is 0 Å². The average Bonchev–Trinajstić information content (AvgIpc) is 2.38. The molecule has 0 bridgehead atoms. The molecular formula is C16H21N3. The van der Waals surface area contributed by atoms with Crippen molar-refractivity contribution in [1.29, 1.82) is 0 Å². The number of hydrogen-bond donors (Lipinski definition) is 1. The minimum atomic E-state index is 0.519. The second kappa shape index (κ2) is 5.39. The van der Waals surface area contributed by atoms with Gasteiger partial charge in [-0.15, -0.1) is 10.2 Å². The third-order valence-electron chi connectivity index (χ3n) is 3.43. The van der Waals surface area contributed by atoms with Crippen LogP contribution in [0.1, 0.15) is 36.5 Å². The SMILES string of the molecule is CNc1nnc(-c2cc(C(C)C)ccc2C)cc1C. The molecule has 1 heterocycles. The van der Waals surface area contributed by atoms with Crippen LogP contribution in [0.4, 0.5) is 5.82 Å². The summed E-state index contributed by atoms with van der Waals surface area (Å²) in [5, 5.41) is 11.6. The molecule has 1 aromatic carbocycles. The Morgan fingerprint density at radius 1 is 1.00 bits per heavy atom. The number of nitrogens with zero attached hydrogens (tertiary/aromatic N) is 2. The lowest BCUT2D eigenvalue weighted by Gasteiger charge is -2.12. The molecule has 0 radical (unpaired) electrons. The van der Waals surface area contributed by atoms with Gasteiger partial charge in [-0.25, -0.2) is 0 Å². The molecule has 0 saturated carbocycles. The summed E-state index contributed by atoms with van der Waals surface area (Å²) in [5.41, 5.74) is 5.79. The van der Waals surface area contributed by atoms with Crippen LogP contribution in [-0.2, 0) is 0 Å². The van der Waals surface area contributed by atoms with Crippen molar-refractivity contribution in [3.63, 3.8) is 0 Å². The fourth-order valence-corrected chi connectivity index (χ4v) is 2.14. The molecule has 0 fully saturated rings. The van der Waals surface area contributed by atoms with Crippen molar-refractivity contribution >= 4 is 5.82 Å². The van der Waals surface area contributed by atoms with Crippen molar-refractivity contribution in [2.24, 2.45) is 0 Å². The van der Waals surface area contributed by atoms with Crippen LogP contribution in [0.2, 0.25) is 0 Å². The van der Waals surface area contributed by atoms with Crippen molar-refractivity contribution in [3.8, 4) is 11.3 Å². The smallest absolute Gasteiger partial charge is 0.151 e. The molecule has 3 heteroatoms. The van der Waals surface area contributed by atoms with E-state index in [9.17, 15) is 0 Å². The van der Waals surface area contributed by atoms with Gasteiger partial charge in [0, 0.05) is 12.6 Å². The van der Waals surface area contributed by atoms with Gasteiger partial charge >= 0.3 is 0 Å². The van der Waals surface area contributed by atoms with Crippen molar-refractivity contribution in [1.82, 2.24) is 10.2 Å². The molecule has 1 aromatic heterocycles. The number of rotatable bonds is 3. The van der Waals surface area contributed by atoms with Gasteiger partial charge in [0.05, 0.1) is 5.69 Å². The molecule has 2 aromatic rings. The van der Waals surface area contributed by atoms with Gasteiger partial charge in [0.25, 0.3) is 0 Å². The monoisotopic (exact) mass is 255 g/mol. The zero-order chi connectivity index (χ0) is 14.0. The molecule has 2 rings (SSSR count). The first-order valence-electron chi connectivity index (χ1n) is 6.66.